The average Bonchev–Trinajstić information content (AvgIpc) is 2.40. The highest BCUT2D eigenvalue weighted by Crippen LogP contribution is 2.35. The Balaban J connectivity index is 2.15. The third kappa shape index (κ3) is 2.73. The Bertz CT molecular complexity index is 353. The Labute approximate surface area is 111 Å². The van der Waals surface area contributed by atoms with Gasteiger partial charge in [0.25, 0.3) is 0 Å². The van der Waals surface area contributed by atoms with Crippen LogP contribution in [-0.2, 0) is 5.41 Å². The normalized spacial score (nSPS) is 20.2. The van der Waals surface area contributed by atoms with Gasteiger partial charge >= 0.3 is 0 Å². The minimum absolute atomic E-state index is 0.295. The van der Waals surface area contributed by atoms with E-state index in [0.717, 1.165) is 6.54 Å². The van der Waals surface area contributed by atoms with Gasteiger partial charge in [-0.1, -0.05) is 0 Å². The van der Waals surface area contributed by atoms with Crippen molar-refractivity contribution in [3.63, 3.8) is 0 Å². The summed E-state index contributed by atoms with van der Waals surface area (Å²) in [5.74, 6) is 0. The van der Waals surface area contributed by atoms with Gasteiger partial charge in [-0.2, -0.15) is 0 Å². The topological polar surface area (TPSA) is 28.2 Å². The second-order valence-electron chi connectivity index (χ2n) is 5.68. The van der Waals surface area contributed by atoms with Gasteiger partial charge in [-0.25, -0.2) is 0 Å². The average molecular weight is 247 g/mol. The molecule has 0 spiro atoms. The Hall–Kier alpha value is -0.930. The fraction of sp³-hybridized carbons (Fsp3) is 0.667. The quantitative estimate of drug-likeness (QED) is 0.882. The van der Waals surface area contributed by atoms with Gasteiger partial charge in [0.05, 0.1) is 0 Å². The molecule has 0 amide bonds. The summed E-state index contributed by atoms with van der Waals surface area (Å²) in [5, 5.41) is 3.38. The minimum atomic E-state index is 0.295. The molecule has 18 heavy (non-hydrogen) atoms. The fourth-order valence-electron chi connectivity index (χ4n) is 3.08. The van der Waals surface area contributed by atoms with Gasteiger partial charge in [-0.15, -0.1) is 0 Å². The first-order chi connectivity index (χ1) is 8.68. The molecule has 1 fully saturated rings. The number of hydrogen-bond acceptors (Lipinski definition) is 3. The molecule has 1 saturated heterocycles. The molecule has 0 saturated carbocycles. The first-order valence-corrected chi connectivity index (χ1v) is 6.97. The van der Waals surface area contributed by atoms with Crippen molar-refractivity contribution in [3.8, 4) is 0 Å². The van der Waals surface area contributed by atoms with Crippen molar-refractivity contribution >= 4 is 0 Å². The van der Waals surface area contributed by atoms with Crippen LogP contribution in [-0.4, -0.2) is 42.6 Å². The predicted octanol–water partition coefficient (Wildman–Crippen LogP) is 2.04. The van der Waals surface area contributed by atoms with Crippen LogP contribution in [0.25, 0.3) is 0 Å². The van der Waals surface area contributed by atoms with Crippen molar-refractivity contribution in [2.75, 3.05) is 26.7 Å². The van der Waals surface area contributed by atoms with Crippen molar-refractivity contribution in [3.05, 3.63) is 30.1 Å². The van der Waals surface area contributed by atoms with Gasteiger partial charge in [0.2, 0.25) is 0 Å². The lowest BCUT2D eigenvalue weighted by atomic mass is 9.73. The maximum absolute atomic E-state index is 4.14. The van der Waals surface area contributed by atoms with E-state index in [1.165, 1.54) is 31.5 Å². The molecular formula is C15H25N3. The summed E-state index contributed by atoms with van der Waals surface area (Å²) in [6, 6.07) is 5.03. The van der Waals surface area contributed by atoms with Gasteiger partial charge in [0.15, 0.2) is 0 Å². The Morgan fingerprint density at radius 1 is 1.28 bits per heavy atom. The van der Waals surface area contributed by atoms with E-state index in [1.807, 2.05) is 12.4 Å². The Morgan fingerprint density at radius 3 is 2.39 bits per heavy atom. The molecule has 0 bridgehead atoms. The monoisotopic (exact) mass is 247 g/mol. The van der Waals surface area contributed by atoms with E-state index < -0.39 is 0 Å². The summed E-state index contributed by atoms with van der Waals surface area (Å²) in [6.07, 6.45) is 6.30. The van der Waals surface area contributed by atoms with Crippen LogP contribution in [0.1, 0.15) is 32.3 Å². The van der Waals surface area contributed by atoms with Crippen molar-refractivity contribution in [1.29, 1.82) is 0 Å². The van der Waals surface area contributed by atoms with E-state index >= 15 is 0 Å². The highest BCUT2D eigenvalue weighted by molar-refractivity contribution is 5.24. The molecule has 0 aromatic carbocycles. The summed E-state index contributed by atoms with van der Waals surface area (Å²) in [7, 11) is 2.05. The van der Waals surface area contributed by atoms with Crippen molar-refractivity contribution in [2.45, 2.75) is 38.1 Å². The summed E-state index contributed by atoms with van der Waals surface area (Å²) in [4.78, 5) is 6.72. The van der Waals surface area contributed by atoms with Gasteiger partial charge in [-0.05, 0) is 64.5 Å². The molecule has 1 N–H and O–H groups in total. The van der Waals surface area contributed by atoms with Gasteiger partial charge in [0.1, 0.15) is 0 Å². The number of piperidine rings is 1. The number of likely N-dealkylation sites (tertiary alicyclic amines) is 1. The second kappa shape index (κ2) is 5.81. The van der Waals surface area contributed by atoms with Crippen LogP contribution in [0.15, 0.2) is 24.5 Å². The lowest BCUT2D eigenvalue weighted by Crippen LogP contribution is -2.49. The highest BCUT2D eigenvalue weighted by Gasteiger charge is 2.36. The predicted molar refractivity (Wildman–Crippen MR) is 75.8 cm³/mol. The third-order valence-electron chi connectivity index (χ3n) is 4.29. The molecule has 1 aromatic rings. The fourth-order valence-corrected chi connectivity index (χ4v) is 3.08. The van der Waals surface area contributed by atoms with Crippen LogP contribution in [0.4, 0.5) is 0 Å². The molecule has 2 rings (SSSR count). The van der Waals surface area contributed by atoms with Crippen LogP contribution in [0.5, 0.6) is 0 Å². The number of aromatic nitrogens is 1. The van der Waals surface area contributed by atoms with Gasteiger partial charge in [0, 0.05) is 30.4 Å². The first-order valence-electron chi connectivity index (χ1n) is 6.97. The van der Waals surface area contributed by atoms with Crippen LogP contribution in [0, 0.1) is 0 Å². The molecule has 0 aliphatic carbocycles. The number of pyridine rings is 1. The van der Waals surface area contributed by atoms with Crippen molar-refractivity contribution < 1.29 is 0 Å². The number of nitrogens with one attached hydrogen (secondary N) is 1. The maximum Gasteiger partial charge on any atom is 0.0270 e. The molecule has 1 aliphatic rings. The summed E-state index contributed by atoms with van der Waals surface area (Å²) >= 11 is 0. The number of hydrogen-bond donors (Lipinski definition) is 1. The zero-order valence-corrected chi connectivity index (χ0v) is 11.8. The lowest BCUT2D eigenvalue weighted by Gasteiger charge is -2.43. The molecule has 2 heterocycles. The highest BCUT2D eigenvalue weighted by atomic mass is 15.2. The Morgan fingerprint density at radius 2 is 1.89 bits per heavy atom. The molecule has 1 aliphatic heterocycles. The van der Waals surface area contributed by atoms with Crippen molar-refractivity contribution in [1.82, 2.24) is 15.2 Å². The van der Waals surface area contributed by atoms with E-state index in [1.54, 1.807) is 0 Å². The molecule has 100 valence electrons. The molecular weight excluding hydrogens is 222 g/mol. The van der Waals surface area contributed by atoms with Crippen molar-refractivity contribution in [2.24, 2.45) is 0 Å². The summed E-state index contributed by atoms with van der Waals surface area (Å²) in [5.41, 5.74) is 1.73. The maximum atomic E-state index is 4.14. The summed E-state index contributed by atoms with van der Waals surface area (Å²) in [6.45, 7) is 8.03. The third-order valence-corrected chi connectivity index (χ3v) is 4.29. The van der Waals surface area contributed by atoms with E-state index in [9.17, 15) is 0 Å². The van der Waals surface area contributed by atoms with E-state index in [4.69, 9.17) is 0 Å². The number of likely N-dealkylation sites (N-methyl/N-ethyl adjacent to an activating group) is 1. The zero-order valence-electron chi connectivity index (χ0n) is 11.8. The smallest absolute Gasteiger partial charge is 0.0270 e. The zero-order chi connectivity index (χ0) is 13.0. The lowest BCUT2D eigenvalue weighted by molar-refractivity contribution is 0.128. The number of nitrogens with zero attached hydrogens (tertiary/aromatic N) is 2. The summed E-state index contributed by atoms with van der Waals surface area (Å²) < 4.78 is 0. The van der Waals surface area contributed by atoms with Gasteiger partial charge < -0.3 is 10.2 Å². The van der Waals surface area contributed by atoms with Crippen LogP contribution in [0.3, 0.4) is 0 Å². The second-order valence-corrected chi connectivity index (χ2v) is 5.68. The number of rotatable bonds is 4. The molecule has 3 heteroatoms. The van der Waals surface area contributed by atoms with Gasteiger partial charge in [-0.3, -0.25) is 4.98 Å². The van der Waals surface area contributed by atoms with Crippen LogP contribution >= 0.6 is 0 Å². The molecule has 1 aromatic heterocycles. The molecule has 3 nitrogen and oxygen atoms in total. The van der Waals surface area contributed by atoms with E-state index in [2.05, 4.69) is 48.2 Å². The standard InChI is InChI=1S/C15H25N3/c1-13(2)18-10-6-15(7-11-18,12-16-3)14-4-8-17-9-5-14/h4-5,8-9,13,16H,6-7,10-12H2,1-3H3. The molecule has 0 unspecified atom stereocenters. The first kappa shape index (κ1) is 13.5. The SMILES string of the molecule is CNCC1(c2ccncc2)CCN(C(C)C)CC1. The molecule has 0 atom stereocenters. The van der Waals surface area contributed by atoms with E-state index in [-0.39, 0.29) is 0 Å². The van der Waals surface area contributed by atoms with Crippen LogP contribution < -0.4 is 5.32 Å². The largest absolute Gasteiger partial charge is 0.319 e. The van der Waals surface area contributed by atoms with E-state index in [0.29, 0.717) is 11.5 Å². The molecule has 0 radical (unpaired) electrons. The Kier molecular flexibility index (Phi) is 4.36. The van der Waals surface area contributed by atoms with Crippen LogP contribution in [0.2, 0.25) is 0 Å². The minimum Gasteiger partial charge on any atom is -0.319 e.